The monoisotopic (exact) mass is 489 g/mol. The van der Waals surface area contributed by atoms with E-state index in [0.29, 0.717) is 21.2 Å². The van der Waals surface area contributed by atoms with E-state index in [1.807, 2.05) is 55.5 Å². The van der Waals surface area contributed by atoms with Crippen LogP contribution in [0.25, 0.3) is 22.2 Å². The summed E-state index contributed by atoms with van der Waals surface area (Å²) < 4.78 is 0. The van der Waals surface area contributed by atoms with Crippen molar-refractivity contribution in [2.24, 2.45) is 5.73 Å². The van der Waals surface area contributed by atoms with Crippen LogP contribution in [-0.4, -0.2) is 16.8 Å². The molecule has 0 spiro atoms. The molecule has 0 fully saturated rings. The third kappa shape index (κ3) is 4.08. The van der Waals surface area contributed by atoms with Crippen LogP contribution in [0.4, 0.5) is 5.00 Å². The quantitative estimate of drug-likeness (QED) is 0.319. The molecule has 1 aliphatic rings. The maximum absolute atomic E-state index is 13.7. The highest BCUT2D eigenvalue weighted by molar-refractivity contribution is 7.17. The van der Waals surface area contributed by atoms with Crippen molar-refractivity contribution in [3.8, 4) is 11.3 Å². The van der Waals surface area contributed by atoms with E-state index in [1.165, 1.54) is 11.3 Å². The summed E-state index contributed by atoms with van der Waals surface area (Å²) in [5.74, 6) is -0.766. The van der Waals surface area contributed by atoms with Crippen LogP contribution in [-0.2, 0) is 12.8 Å². The van der Waals surface area contributed by atoms with Crippen LogP contribution < -0.4 is 11.1 Å². The molecule has 2 aromatic heterocycles. The number of aromatic nitrogens is 1. The second kappa shape index (κ2) is 9.20. The molecule has 5 rings (SSSR count). The van der Waals surface area contributed by atoms with Crippen LogP contribution in [0.2, 0.25) is 5.02 Å². The van der Waals surface area contributed by atoms with Crippen LogP contribution in [0.15, 0.2) is 48.5 Å². The third-order valence-electron chi connectivity index (χ3n) is 6.38. The van der Waals surface area contributed by atoms with Gasteiger partial charge in [-0.05, 0) is 61.9 Å². The molecule has 0 aliphatic heterocycles. The first-order valence-corrected chi connectivity index (χ1v) is 12.5. The summed E-state index contributed by atoms with van der Waals surface area (Å²) in [4.78, 5) is 32.1. The van der Waals surface area contributed by atoms with Gasteiger partial charge in [0.15, 0.2) is 0 Å². The van der Waals surface area contributed by atoms with Gasteiger partial charge in [0.1, 0.15) is 5.00 Å². The number of nitrogens with two attached hydrogens (primary N) is 1. The number of carbonyl (C=O) groups is 2. The van der Waals surface area contributed by atoms with Crippen LogP contribution in [0.1, 0.15) is 56.0 Å². The number of carbonyl (C=O) groups excluding carboxylic acids is 2. The van der Waals surface area contributed by atoms with E-state index in [4.69, 9.17) is 22.3 Å². The highest BCUT2D eigenvalue weighted by Crippen LogP contribution is 2.38. The minimum Gasteiger partial charge on any atom is -0.365 e. The molecule has 3 N–H and O–H groups in total. The Morgan fingerprint density at radius 2 is 1.74 bits per heavy atom. The van der Waals surface area contributed by atoms with Crippen molar-refractivity contribution in [1.29, 1.82) is 0 Å². The summed E-state index contributed by atoms with van der Waals surface area (Å²) in [5, 5.41) is 4.97. The van der Waals surface area contributed by atoms with Gasteiger partial charge in [0.25, 0.3) is 11.8 Å². The van der Waals surface area contributed by atoms with Crippen LogP contribution in [0.5, 0.6) is 0 Å². The van der Waals surface area contributed by atoms with E-state index in [2.05, 4.69) is 5.32 Å². The fourth-order valence-corrected chi connectivity index (χ4v) is 6.16. The maximum atomic E-state index is 13.7. The fourth-order valence-electron chi connectivity index (χ4n) is 4.75. The van der Waals surface area contributed by atoms with E-state index < -0.39 is 5.91 Å². The predicted molar refractivity (Wildman–Crippen MR) is 139 cm³/mol. The second-order valence-electron chi connectivity index (χ2n) is 8.57. The molecule has 5 nitrogen and oxygen atoms in total. The number of pyridine rings is 1. The number of hydrogen-bond donors (Lipinski definition) is 2. The number of nitrogens with one attached hydrogen (secondary N) is 1. The number of amides is 2. The van der Waals surface area contributed by atoms with E-state index in [0.717, 1.165) is 70.3 Å². The van der Waals surface area contributed by atoms with Crippen molar-refractivity contribution >= 4 is 50.7 Å². The van der Waals surface area contributed by atoms with Crippen molar-refractivity contribution in [2.75, 3.05) is 5.32 Å². The van der Waals surface area contributed by atoms with Gasteiger partial charge in [0.2, 0.25) is 0 Å². The number of aryl methyl sites for hydroxylation is 1. The molecule has 34 heavy (non-hydrogen) atoms. The van der Waals surface area contributed by atoms with Crippen molar-refractivity contribution in [1.82, 2.24) is 4.98 Å². The Labute approximate surface area is 207 Å². The van der Waals surface area contributed by atoms with Crippen LogP contribution in [0.3, 0.4) is 0 Å². The van der Waals surface area contributed by atoms with Gasteiger partial charge >= 0.3 is 0 Å². The number of rotatable bonds is 4. The van der Waals surface area contributed by atoms with Crippen LogP contribution >= 0.6 is 22.9 Å². The zero-order valence-electron chi connectivity index (χ0n) is 18.8. The molecular weight excluding hydrogens is 466 g/mol. The molecule has 0 atom stereocenters. The van der Waals surface area contributed by atoms with Gasteiger partial charge in [0.05, 0.1) is 22.3 Å². The number of hydrogen-bond acceptors (Lipinski definition) is 4. The van der Waals surface area contributed by atoms with Crippen molar-refractivity contribution in [3.05, 3.63) is 80.7 Å². The molecule has 2 heterocycles. The summed E-state index contributed by atoms with van der Waals surface area (Å²) in [5.41, 5.74) is 10.9. The van der Waals surface area contributed by atoms with E-state index in [-0.39, 0.29) is 5.91 Å². The lowest BCUT2D eigenvalue weighted by molar-refractivity contribution is 0.100. The second-order valence-corrected chi connectivity index (χ2v) is 10.1. The zero-order valence-corrected chi connectivity index (χ0v) is 20.4. The SMILES string of the molecule is Cc1c(-c2ccc(Cl)cc2)nc2ccccc2c1C(=O)Nc1sc2c(c1C(N)=O)CCCCC2. The molecule has 2 aromatic carbocycles. The molecule has 0 saturated carbocycles. The molecule has 172 valence electrons. The number of halogens is 1. The third-order valence-corrected chi connectivity index (χ3v) is 7.83. The van der Waals surface area contributed by atoms with Gasteiger partial charge in [-0.2, -0.15) is 0 Å². The zero-order chi connectivity index (χ0) is 23.8. The van der Waals surface area contributed by atoms with Gasteiger partial charge in [-0.1, -0.05) is 48.4 Å². The van der Waals surface area contributed by atoms with E-state index in [9.17, 15) is 9.59 Å². The van der Waals surface area contributed by atoms with E-state index >= 15 is 0 Å². The Hall–Kier alpha value is -3.22. The van der Waals surface area contributed by atoms with Crippen LogP contribution in [0, 0.1) is 6.92 Å². The Balaban J connectivity index is 1.62. The number of thiophene rings is 1. The number of primary amides is 1. The number of anilines is 1. The predicted octanol–water partition coefficient (Wildman–Crippen LogP) is 6.55. The van der Waals surface area contributed by atoms with Gasteiger partial charge in [-0.25, -0.2) is 4.98 Å². The number of para-hydroxylation sites is 1. The summed E-state index contributed by atoms with van der Waals surface area (Å²) >= 11 is 7.56. The standard InChI is InChI=1S/C27H24ClN3O2S/c1-15-22(18-7-5-6-9-20(18)30-24(15)16-11-13-17(28)14-12-16)26(33)31-27-23(25(29)32)19-8-3-2-4-10-21(19)34-27/h5-7,9,11-14H,2-4,8,10H2,1H3,(H2,29,32)(H,31,33). The lowest BCUT2D eigenvalue weighted by Crippen LogP contribution is -2.19. The highest BCUT2D eigenvalue weighted by Gasteiger charge is 2.26. The van der Waals surface area contributed by atoms with Gasteiger partial charge in [-0.3, -0.25) is 9.59 Å². The first kappa shape index (κ1) is 22.6. The minimum absolute atomic E-state index is 0.273. The fraction of sp³-hybridized carbons (Fsp3) is 0.222. The van der Waals surface area contributed by atoms with Crippen molar-refractivity contribution in [3.63, 3.8) is 0 Å². The molecule has 0 saturated heterocycles. The average Bonchev–Trinajstić information content (AvgIpc) is 2.99. The Bertz CT molecular complexity index is 1430. The number of fused-ring (bicyclic) bond motifs is 2. The Morgan fingerprint density at radius 1 is 1.00 bits per heavy atom. The van der Waals surface area contributed by atoms with Crippen molar-refractivity contribution < 1.29 is 9.59 Å². The van der Waals surface area contributed by atoms with Crippen molar-refractivity contribution in [2.45, 2.75) is 39.0 Å². The highest BCUT2D eigenvalue weighted by atomic mass is 35.5. The molecule has 2 amide bonds. The molecule has 0 unspecified atom stereocenters. The Morgan fingerprint density at radius 3 is 2.50 bits per heavy atom. The lowest BCUT2D eigenvalue weighted by atomic mass is 9.97. The van der Waals surface area contributed by atoms with Gasteiger partial charge < -0.3 is 11.1 Å². The molecule has 0 radical (unpaired) electrons. The van der Waals surface area contributed by atoms with E-state index in [1.54, 1.807) is 0 Å². The molecule has 0 bridgehead atoms. The molecular formula is C27H24ClN3O2S. The topological polar surface area (TPSA) is 85.1 Å². The first-order chi connectivity index (χ1) is 16.4. The molecule has 4 aromatic rings. The molecule has 1 aliphatic carbocycles. The summed E-state index contributed by atoms with van der Waals surface area (Å²) in [7, 11) is 0. The molecule has 7 heteroatoms. The summed E-state index contributed by atoms with van der Waals surface area (Å²) in [6, 6.07) is 15.0. The smallest absolute Gasteiger partial charge is 0.257 e. The Kier molecular flexibility index (Phi) is 6.11. The summed E-state index contributed by atoms with van der Waals surface area (Å²) in [6.07, 6.45) is 4.97. The largest absolute Gasteiger partial charge is 0.365 e. The summed E-state index contributed by atoms with van der Waals surface area (Å²) in [6.45, 7) is 1.90. The van der Waals surface area contributed by atoms with Gasteiger partial charge in [-0.15, -0.1) is 11.3 Å². The number of nitrogens with zero attached hydrogens (tertiary/aromatic N) is 1. The average molecular weight is 490 g/mol. The lowest BCUT2D eigenvalue weighted by Gasteiger charge is -2.15. The minimum atomic E-state index is -0.493. The van der Waals surface area contributed by atoms with Gasteiger partial charge in [0, 0.05) is 20.8 Å². The normalized spacial score (nSPS) is 13.4. The first-order valence-electron chi connectivity index (χ1n) is 11.3. The maximum Gasteiger partial charge on any atom is 0.257 e. The number of benzene rings is 2.